The minimum Gasteiger partial charge on any atom is -0.477 e. The highest BCUT2D eigenvalue weighted by molar-refractivity contribution is 8.03. The van der Waals surface area contributed by atoms with Crippen molar-refractivity contribution in [3.05, 3.63) is 40.9 Å². The van der Waals surface area contributed by atoms with Crippen LogP contribution in [0.1, 0.15) is 13.3 Å². The zero-order chi connectivity index (χ0) is 15.1. The Bertz CT molecular complexity index is 626. The number of carbonyl (C=O) groups is 2. The summed E-state index contributed by atoms with van der Waals surface area (Å²) in [6, 6.07) is 9.25. The smallest absolute Gasteiger partial charge is 0.353 e. The first kappa shape index (κ1) is 14.2. The zero-order valence-corrected chi connectivity index (χ0v) is 12.2. The Morgan fingerprint density at radius 2 is 2.05 bits per heavy atom. The van der Waals surface area contributed by atoms with Gasteiger partial charge in [0.1, 0.15) is 5.70 Å². The molecule has 110 valence electrons. The van der Waals surface area contributed by atoms with Crippen molar-refractivity contribution in [2.75, 3.05) is 0 Å². The summed E-state index contributed by atoms with van der Waals surface area (Å²) in [5, 5.41) is 19.1. The molecule has 2 heterocycles. The van der Waals surface area contributed by atoms with Crippen LogP contribution in [0, 0.1) is 5.92 Å². The average Bonchev–Trinajstić information content (AvgIpc) is 2.74. The van der Waals surface area contributed by atoms with Crippen molar-refractivity contribution in [1.82, 2.24) is 4.90 Å². The third-order valence-corrected chi connectivity index (χ3v) is 4.99. The third kappa shape index (κ3) is 2.24. The van der Waals surface area contributed by atoms with Gasteiger partial charge in [-0.1, -0.05) is 30.0 Å². The number of carboxylic acid groups (broad SMARTS) is 1. The number of aliphatic carboxylic acids is 1. The molecule has 5 nitrogen and oxygen atoms in total. The fourth-order valence-corrected chi connectivity index (χ4v) is 4.07. The van der Waals surface area contributed by atoms with Crippen molar-refractivity contribution >= 4 is 23.6 Å². The molecule has 3 unspecified atom stereocenters. The predicted molar refractivity (Wildman–Crippen MR) is 77.4 cm³/mol. The Kier molecular flexibility index (Phi) is 3.51. The van der Waals surface area contributed by atoms with Crippen LogP contribution < -0.4 is 0 Å². The number of hydrogen-bond acceptors (Lipinski definition) is 4. The molecule has 0 aromatic heterocycles. The third-order valence-electron chi connectivity index (χ3n) is 3.87. The van der Waals surface area contributed by atoms with Gasteiger partial charge >= 0.3 is 5.97 Å². The molecule has 0 aliphatic carbocycles. The van der Waals surface area contributed by atoms with Crippen molar-refractivity contribution in [2.45, 2.75) is 30.4 Å². The lowest BCUT2D eigenvalue weighted by Crippen LogP contribution is -2.61. The average molecular weight is 305 g/mol. The molecule has 1 aromatic carbocycles. The Morgan fingerprint density at radius 1 is 1.38 bits per heavy atom. The number of amides is 1. The van der Waals surface area contributed by atoms with Crippen LogP contribution in [0.5, 0.6) is 0 Å². The number of aliphatic hydroxyl groups excluding tert-OH is 1. The van der Waals surface area contributed by atoms with Crippen LogP contribution in [0.25, 0.3) is 0 Å². The van der Waals surface area contributed by atoms with Gasteiger partial charge in [0.25, 0.3) is 0 Å². The van der Waals surface area contributed by atoms with Gasteiger partial charge in [-0.05, 0) is 19.1 Å². The van der Waals surface area contributed by atoms with Crippen LogP contribution in [-0.4, -0.2) is 39.1 Å². The second-order valence-corrected chi connectivity index (χ2v) is 6.41. The van der Waals surface area contributed by atoms with E-state index in [0.717, 1.165) is 4.90 Å². The fourth-order valence-electron chi connectivity index (χ4n) is 2.95. The van der Waals surface area contributed by atoms with Gasteiger partial charge in [-0.3, -0.25) is 4.79 Å². The number of thioether (sulfide) groups is 1. The van der Waals surface area contributed by atoms with Gasteiger partial charge in [-0.25, -0.2) is 4.79 Å². The van der Waals surface area contributed by atoms with Gasteiger partial charge in [-0.15, -0.1) is 0 Å². The first-order valence-corrected chi connectivity index (χ1v) is 7.53. The molecule has 3 atom stereocenters. The van der Waals surface area contributed by atoms with Crippen molar-refractivity contribution in [3.63, 3.8) is 0 Å². The SMILES string of the molecule is CC(O)C1C(=O)N2C(C(=O)O)=C(Sc3ccccc3)CC12. The molecule has 6 heteroatoms. The van der Waals surface area contributed by atoms with Crippen LogP contribution in [-0.2, 0) is 9.59 Å². The zero-order valence-electron chi connectivity index (χ0n) is 11.4. The molecule has 0 radical (unpaired) electrons. The standard InChI is InChI=1S/C15H15NO4S/c1-8(17)12-10-7-11(21-9-5-3-2-4-6-9)13(15(19)20)16(10)14(12)18/h2-6,8,10,12,17H,7H2,1H3,(H,19,20). The molecule has 2 N–H and O–H groups in total. The van der Waals surface area contributed by atoms with E-state index >= 15 is 0 Å². The minimum absolute atomic E-state index is 0.0655. The quantitative estimate of drug-likeness (QED) is 0.828. The normalized spacial score (nSPS) is 25.6. The summed E-state index contributed by atoms with van der Waals surface area (Å²) >= 11 is 1.37. The highest BCUT2D eigenvalue weighted by Gasteiger charge is 2.56. The summed E-state index contributed by atoms with van der Waals surface area (Å²) in [4.78, 5) is 26.5. The van der Waals surface area contributed by atoms with E-state index in [1.165, 1.54) is 16.7 Å². The Labute approximate surface area is 126 Å². The largest absolute Gasteiger partial charge is 0.477 e. The molecule has 1 saturated heterocycles. The van der Waals surface area contributed by atoms with Crippen molar-refractivity contribution in [3.8, 4) is 0 Å². The lowest BCUT2D eigenvalue weighted by atomic mass is 9.83. The van der Waals surface area contributed by atoms with E-state index in [0.29, 0.717) is 11.3 Å². The summed E-state index contributed by atoms with van der Waals surface area (Å²) in [5.41, 5.74) is 0.0655. The van der Waals surface area contributed by atoms with Crippen LogP contribution in [0.15, 0.2) is 45.8 Å². The van der Waals surface area contributed by atoms with Crippen LogP contribution in [0.3, 0.4) is 0 Å². The number of β-lactam (4-membered cyclic amide) rings is 1. The van der Waals surface area contributed by atoms with E-state index in [4.69, 9.17) is 0 Å². The van der Waals surface area contributed by atoms with E-state index < -0.39 is 18.0 Å². The van der Waals surface area contributed by atoms with Crippen LogP contribution in [0.2, 0.25) is 0 Å². The fraction of sp³-hybridized carbons (Fsp3) is 0.333. The molecule has 0 saturated carbocycles. The molecule has 1 fully saturated rings. The van der Waals surface area contributed by atoms with E-state index in [2.05, 4.69) is 0 Å². The predicted octanol–water partition coefficient (Wildman–Crippen LogP) is 1.69. The number of rotatable bonds is 4. The number of aliphatic hydroxyl groups is 1. The molecule has 21 heavy (non-hydrogen) atoms. The second-order valence-electron chi connectivity index (χ2n) is 5.24. The Hall–Kier alpha value is -1.79. The lowest BCUT2D eigenvalue weighted by Gasteiger charge is -2.44. The first-order chi connectivity index (χ1) is 10.0. The van der Waals surface area contributed by atoms with Gasteiger partial charge in [0.15, 0.2) is 0 Å². The summed E-state index contributed by atoms with van der Waals surface area (Å²) < 4.78 is 0. The topological polar surface area (TPSA) is 77.8 Å². The highest BCUT2D eigenvalue weighted by Crippen LogP contribution is 2.48. The molecule has 2 aliphatic heterocycles. The van der Waals surface area contributed by atoms with Crippen LogP contribution in [0.4, 0.5) is 0 Å². The van der Waals surface area contributed by atoms with E-state index in [1.807, 2.05) is 30.3 Å². The molecule has 0 spiro atoms. The van der Waals surface area contributed by atoms with Gasteiger partial charge in [0, 0.05) is 16.2 Å². The van der Waals surface area contributed by atoms with Gasteiger partial charge in [0.2, 0.25) is 5.91 Å². The molecule has 2 aliphatic rings. The summed E-state index contributed by atoms with van der Waals surface area (Å²) in [5.74, 6) is -1.88. The molecule has 3 rings (SSSR count). The van der Waals surface area contributed by atoms with Crippen LogP contribution >= 0.6 is 11.8 Å². The first-order valence-electron chi connectivity index (χ1n) is 6.71. The maximum atomic E-state index is 12.1. The van der Waals surface area contributed by atoms with Gasteiger partial charge < -0.3 is 15.1 Å². The maximum Gasteiger partial charge on any atom is 0.353 e. The molecular weight excluding hydrogens is 290 g/mol. The maximum absolute atomic E-state index is 12.1. The number of carboxylic acids is 1. The van der Waals surface area contributed by atoms with Crippen molar-refractivity contribution in [2.24, 2.45) is 5.92 Å². The van der Waals surface area contributed by atoms with Crippen molar-refractivity contribution < 1.29 is 19.8 Å². The van der Waals surface area contributed by atoms with E-state index in [9.17, 15) is 19.8 Å². The minimum atomic E-state index is -1.09. The lowest BCUT2D eigenvalue weighted by molar-refractivity contribution is -0.161. The Morgan fingerprint density at radius 3 is 2.62 bits per heavy atom. The number of hydrogen-bond donors (Lipinski definition) is 2. The van der Waals surface area contributed by atoms with E-state index in [-0.39, 0.29) is 17.6 Å². The second kappa shape index (κ2) is 5.20. The highest BCUT2D eigenvalue weighted by atomic mass is 32.2. The molecule has 0 bridgehead atoms. The summed E-state index contributed by atoms with van der Waals surface area (Å²) in [6.45, 7) is 1.57. The van der Waals surface area contributed by atoms with Gasteiger partial charge in [-0.2, -0.15) is 0 Å². The number of benzene rings is 1. The number of carbonyl (C=O) groups excluding carboxylic acids is 1. The summed E-state index contributed by atoms with van der Waals surface area (Å²) in [7, 11) is 0. The molecule has 1 aromatic rings. The Balaban J connectivity index is 1.89. The number of fused-ring (bicyclic) bond motifs is 1. The molecule has 1 amide bonds. The summed E-state index contributed by atoms with van der Waals surface area (Å²) in [6.07, 6.45) is -0.266. The number of nitrogens with zero attached hydrogens (tertiary/aromatic N) is 1. The molecular formula is C15H15NO4S. The monoisotopic (exact) mass is 305 g/mol. The van der Waals surface area contributed by atoms with E-state index in [1.54, 1.807) is 6.92 Å². The van der Waals surface area contributed by atoms with Gasteiger partial charge in [0.05, 0.1) is 18.1 Å². The van der Waals surface area contributed by atoms with Crippen molar-refractivity contribution in [1.29, 1.82) is 0 Å².